The van der Waals surface area contributed by atoms with Crippen molar-refractivity contribution in [3.8, 4) is 0 Å². The summed E-state index contributed by atoms with van der Waals surface area (Å²) >= 11 is 0. The Labute approximate surface area is 110 Å². The van der Waals surface area contributed by atoms with Gasteiger partial charge in [0.05, 0.1) is 12.2 Å². The molecule has 0 saturated heterocycles. The molecule has 0 bridgehead atoms. The van der Waals surface area contributed by atoms with Gasteiger partial charge in [0.2, 0.25) is 10.0 Å². The van der Waals surface area contributed by atoms with Crippen molar-refractivity contribution in [3.05, 3.63) is 0 Å². The van der Waals surface area contributed by atoms with Gasteiger partial charge >= 0.3 is 5.97 Å². The van der Waals surface area contributed by atoms with Gasteiger partial charge in [-0.2, -0.15) is 0 Å². The molecule has 0 atom stereocenters. The molecule has 0 aromatic carbocycles. The number of unbranched alkanes of at least 4 members (excludes halogenated alkanes) is 3. The molecule has 0 unspecified atom stereocenters. The Morgan fingerprint density at radius 1 is 1.17 bits per heavy atom. The number of carboxylic acids is 1. The monoisotopic (exact) mass is 279 g/mol. The second kappa shape index (κ2) is 9.33. The number of carboxylic acid groups (broad SMARTS) is 1. The van der Waals surface area contributed by atoms with Crippen molar-refractivity contribution >= 4 is 16.0 Å². The summed E-state index contributed by atoms with van der Waals surface area (Å²) in [5, 5.41) is 8.40. The summed E-state index contributed by atoms with van der Waals surface area (Å²) in [4.78, 5) is 10.3. The molecular formula is C12H25NO4S. The number of nitrogens with one attached hydrogen (secondary N) is 1. The van der Waals surface area contributed by atoms with Gasteiger partial charge in [0, 0.05) is 6.54 Å². The molecule has 6 heteroatoms. The largest absolute Gasteiger partial charge is 0.481 e. The van der Waals surface area contributed by atoms with Gasteiger partial charge in [-0.05, 0) is 12.3 Å². The zero-order chi connectivity index (χ0) is 14.0. The zero-order valence-corrected chi connectivity index (χ0v) is 12.1. The van der Waals surface area contributed by atoms with Crippen LogP contribution in [0.15, 0.2) is 0 Å². The maximum atomic E-state index is 11.3. The Morgan fingerprint density at radius 2 is 1.78 bits per heavy atom. The second-order valence-corrected chi connectivity index (χ2v) is 6.88. The van der Waals surface area contributed by atoms with Crippen molar-refractivity contribution in [2.45, 2.75) is 52.4 Å². The summed E-state index contributed by atoms with van der Waals surface area (Å²) in [6.07, 6.45) is 4.99. The zero-order valence-electron chi connectivity index (χ0n) is 11.3. The first-order valence-corrected chi connectivity index (χ1v) is 8.18. The van der Waals surface area contributed by atoms with E-state index in [0.717, 1.165) is 25.2 Å². The minimum atomic E-state index is -3.41. The number of hydrogen-bond donors (Lipinski definition) is 2. The third-order valence-corrected chi connectivity index (χ3v) is 4.00. The van der Waals surface area contributed by atoms with E-state index in [1.165, 1.54) is 12.8 Å². The van der Waals surface area contributed by atoms with E-state index in [1.807, 2.05) is 0 Å². The van der Waals surface area contributed by atoms with Crippen LogP contribution < -0.4 is 4.72 Å². The van der Waals surface area contributed by atoms with Crippen molar-refractivity contribution in [1.29, 1.82) is 0 Å². The van der Waals surface area contributed by atoms with Crippen LogP contribution in [0.5, 0.6) is 0 Å². The summed E-state index contributed by atoms with van der Waals surface area (Å²) in [5.74, 6) is -0.705. The predicted molar refractivity (Wildman–Crippen MR) is 72.0 cm³/mol. The molecule has 18 heavy (non-hydrogen) atoms. The van der Waals surface area contributed by atoms with Gasteiger partial charge in [-0.25, -0.2) is 13.1 Å². The number of aliphatic carboxylic acids is 1. The third-order valence-electron chi connectivity index (χ3n) is 2.61. The topological polar surface area (TPSA) is 83.5 Å². The molecular weight excluding hydrogens is 254 g/mol. The highest BCUT2D eigenvalue weighted by Crippen LogP contribution is 2.09. The van der Waals surface area contributed by atoms with Crippen LogP contribution >= 0.6 is 0 Å². The van der Waals surface area contributed by atoms with E-state index < -0.39 is 16.0 Å². The minimum absolute atomic E-state index is 0.338. The molecule has 0 spiro atoms. The van der Waals surface area contributed by atoms with Gasteiger partial charge in [0.25, 0.3) is 0 Å². The molecule has 0 aromatic heterocycles. The highest BCUT2D eigenvalue weighted by atomic mass is 32.2. The summed E-state index contributed by atoms with van der Waals surface area (Å²) in [7, 11) is -3.41. The van der Waals surface area contributed by atoms with Crippen LogP contribution in [0.1, 0.15) is 52.4 Å². The smallest absolute Gasteiger partial charge is 0.304 e. The first-order valence-electron chi connectivity index (χ1n) is 6.52. The van der Waals surface area contributed by atoms with Gasteiger partial charge in [-0.15, -0.1) is 0 Å². The van der Waals surface area contributed by atoms with Gasteiger partial charge in [0.1, 0.15) is 0 Å². The summed E-state index contributed by atoms with van der Waals surface area (Å²) in [5.41, 5.74) is 0. The van der Waals surface area contributed by atoms with E-state index in [4.69, 9.17) is 5.11 Å². The fourth-order valence-electron chi connectivity index (χ4n) is 1.55. The van der Waals surface area contributed by atoms with E-state index in [2.05, 4.69) is 18.6 Å². The van der Waals surface area contributed by atoms with Gasteiger partial charge in [0.15, 0.2) is 0 Å². The quantitative estimate of drug-likeness (QED) is 0.566. The number of rotatable bonds is 11. The third kappa shape index (κ3) is 11.9. The lowest BCUT2D eigenvalue weighted by molar-refractivity contribution is -0.136. The van der Waals surface area contributed by atoms with Gasteiger partial charge < -0.3 is 5.11 Å². The SMILES string of the molecule is CC(C)CCCCCCNS(=O)(=O)CCC(=O)O. The molecule has 0 saturated carbocycles. The first kappa shape index (κ1) is 17.4. The van der Waals surface area contributed by atoms with Crippen molar-refractivity contribution < 1.29 is 18.3 Å². The molecule has 0 aliphatic rings. The van der Waals surface area contributed by atoms with Crippen molar-refractivity contribution in [1.82, 2.24) is 4.72 Å². The molecule has 108 valence electrons. The van der Waals surface area contributed by atoms with E-state index in [0.29, 0.717) is 6.54 Å². The van der Waals surface area contributed by atoms with Crippen LogP contribution in [-0.2, 0) is 14.8 Å². The Bertz CT molecular complexity index is 325. The molecule has 0 heterocycles. The van der Waals surface area contributed by atoms with E-state index in [-0.39, 0.29) is 12.2 Å². The van der Waals surface area contributed by atoms with Crippen LogP contribution in [0.4, 0.5) is 0 Å². The van der Waals surface area contributed by atoms with E-state index in [9.17, 15) is 13.2 Å². The Balaban J connectivity index is 3.50. The molecule has 0 aromatic rings. The minimum Gasteiger partial charge on any atom is -0.481 e. The molecule has 0 rings (SSSR count). The van der Waals surface area contributed by atoms with Crippen LogP contribution in [0.3, 0.4) is 0 Å². The van der Waals surface area contributed by atoms with E-state index in [1.54, 1.807) is 0 Å². The fraction of sp³-hybridized carbons (Fsp3) is 0.917. The van der Waals surface area contributed by atoms with Crippen LogP contribution in [0, 0.1) is 5.92 Å². The number of hydrogen-bond acceptors (Lipinski definition) is 3. The average Bonchev–Trinajstić information content (AvgIpc) is 2.25. The first-order chi connectivity index (χ1) is 8.33. The molecule has 0 fully saturated rings. The van der Waals surface area contributed by atoms with Gasteiger partial charge in [-0.3, -0.25) is 4.79 Å². The predicted octanol–water partition coefficient (Wildman–Crippen LogP) is 1.99. The number of carbonyl (C=O) groups is 1. The van der Waals surface area contributed by atoms with Gasteiger partial charge in [-0.1, -0.05) is 39.5 Å². The molecule has 2 N–H and O–H groups in total. The summed E-state index contributed by atoms with van der Waals surface area (Å²) in [6, 6.07) is 0. The average molecular weight is 279 g/mol. The lowest BCUT2D eigenvalue weighted by Gasteiger charge is -2.06. The highest BCUT2D eigenvalue weighted by molar-refractivity contribution is 7.89. The van der Waals surface area contributed by atoms with E-state index >= 15 is 0 Å². The lowest BCUT2D eigenvalue weighted by atomic mass is 10.0. The Hall–Kier alpha value is -0.620. The van der Waals surface area contributed by atoms with Crippen molar-refractivity contribution in [2.24, 2.45) is 5.92 Å². The fourth-order valence-corrected chi connectivity index (χ4v) is 2.60. The van der Waals surface area contributed by atoms with Crippen molar-refractivity contribution in [3.63, 3.8) is 0 Å². The number of sulfonamides is 1. The van der Waals surface area contributed by atoms with Crippen molar-refractivity contribution in [2.75, 3.05) is 12.3 Å². The maximum Gasteiger partial charge on any atom is 0.304 e. The maximum absolute atomic E-state index is 11.3. The standard InChI is InChI=1S/C12H25NO4S/c1-11(2)7-5-3-4-6-9-13-18(16,17)10-8-12(14)15/h11,13H,3-10H2,1-2H3,(H,14,15). The van der Waals surface area contributed by atoms with Crippen LogP contribution in [0.2, 0.25) is 0 Å². The molecule has 0 amide bonds. The molecule has 0 aliphatic heterocycles. The summed E-state index contributed by atoms with van der Waals surface area (Å²) in [6.45, 7) is 4.79. The molecule has 5 nitrogen and oxygen atoms in total. The highest BCUT2D eigenvalue weighted by Gasteiger charge is 2.11. The van der Waals surface area contributed by atoms with Crippen LogP contribution in [0.25, 0.3) is 0 Å². The summed E-state index contributed by atoms with van der Waals surface area (Å²) < 4.78 is 25.1. The Kier molecular flexibility index (Phi) is 9.01. The lowest BCUT2D eigenvalue weighted by Crippen LogP contribution is -2.28. The van der Waals surface area contributed by atoms with Crippen LogP contribution in [-0.4, -0.2) is 31.8 Å². The Morgan fingerprint density at radius 3 is 2.33 bits per heavy atom. The molecule has 0 radical (unpaired) electrons. The second-order valence-electron chi connectivity index (χ2n) is 4.95. The molecule has 0 aliphatic carbocycles. The normalized spacial score (nSPS) is 11.9.